The van der Waals surface area contributed by atoms with Gasteiger partial charge in [0.1, 0.15) is 5.75 Å². The Morgan fingerprint density at radius 1 is 1.29 bits per heavy atom. The summed E-state index contributed by atoms with van der Waals surface area (Å²) in [4.78, 5) is 0. The molecule has 4 heteroatoms. The zero-order valence-corrected chi connectivity index (χ0v) is 10.2. The predicted octanol–water partition coefficient (Wildman–Crippen LogP) is 4.28. The first-order valence-electron chi connectivity index (χ1n) is 5.93. The molecule has 96 valence electrons. The largest absolute Gasteiger partial charge is 0.433 e. The molecule has 0 bridgehead atoms. The fourth-order valence-corrected chi connectivity index (χ4v) is 1.63. The number of para-hydroxylation sites is 2. The number of benzene rings is 1. The molecule has 1 N–H and O–H groups in total. The molecule has 1 aromatic carbocycles. The van der Waals surface area contributed by atoms with Crippen molar-refractivity contribution in [1.29, 1.82) is 0 Å². The molecule has 0 aliphatic rings. The van der Waals surface area contributed by atoms with Crippen molar-refractivity contribution in [1.82, 2.24) is 0 Å². The van der Waals surface area contributed by atoms with Crippen LogP contribution in [0.15, 0.2) is 24.3 Å². The van der Waals surface area contributed by atoms with Crippen molar-refractivity contribution >= 4 is 5.69 Å². The molecule has 0 aliphatic carbocycles. The van der Waals surface area contributed by atoms with E-state index in [2.05, 4.69) is 17.0 Å². The average molecular weight is 243 g/mol. The quantitative estimate of drug-likeness (QED) is 0.771. The van der Waals surface area contributed by atoms with Crippen LogP contribution in [0.25, 0.3) is 0 Å². The van der Waals surface area contributed by atoms with Crippen LogP contribution in [-0.4, -0.2) is 12.7 Å². The van der Waals surface area contributed by atoms with Crippen molar-refractivity contribution in [3.8, 4) is 5.75 Å². The Kier molecular flexibility index (Phi) is 5.73. The van der Waals surface area contributed by atoms with Gasteiger partial charge in [0, 0.05) is 6.04 Å². The molecule has 0 heterocycles. The topological polar surface area (TPSA) is 21.3 Å². The molecule has 0 fully saturated rings. The third-order valence-corrected chi connectivity index (χ3v) is 2.50. The van der Waals surface area contributed by atoms with Gasteiger partial charge in [0.15, 0.2) is 0 Å². The first kappa shape index (κ1) is 13.7. The molecule has 0 radical (unpaired) electrons. The van der Waals surface area contributed by atoms with E-state index in [1.54, 1.807) is 24.3 Å². The normalized spacial score (nSPS) is 12.5. The summed E-state index contributed by atoms with van der Waals surface area (Å²) in [6, 6.07) is 7.02. The van der Waals surface area contributed by atoms with Crippen LogP contribution < -0.4 is 10.1 Å². The molecule has 0 saturated carbocycles. The monoisotopic (exact) mass is 243 g/mol. The first-order chi connectivity index (χ1) is 8.13. The Hall–Kier alpha value is -1.32. The minimum absolute atomic E-state index is 0.200. The van der Waals surface area contributed by atoms with Crippen LogP contribution in [0.4, 0.5) is 14.5 Å². The number of unbranched alkanes of at least 4 members (excludes halogenated alkanes) is 1. The van der Waals surface area contributed by atoms with Gasteiger partial charge in [0.05, 0.1) is 5.69 Å². The molecule has 1 rings (SSSR count). The van der Waals surface area contributed by atoms with Gasteiger partial charge in [-0.1, -0.05) is 31.9 Å². The van der Waals surface area contributed by atoms with Crippen molar-refractivity contribution in [2.45, 2.75) is 45.8 Å². The van der Waals surface area contributed by atoms with Crippen molar-refractivity contribution in [2.75, 3.05) is 5.32 Å². The third-order valence-electron chi connectivity index (χ3n) is 2.50. The molecular formula is C13H19F2NO. The maximum absolute atomic E-state index is 12.2. The number of alkyl halides is 2. The summed E-state index contributed by atoms with van der Waals surface area (Å²) in [6.07, 6.45) is 3.26. The second kappa shape index (κ2) is 7.09. The van der Waals surface area contributed by atoms with Gasteiger partial charge in [0.25, 0.3) is 0 Å². The lowest BCUT2D eigenvalue weighted by Gasteiger charge is -2.17. The molecule has 1 unspecified atom stereocenters. The van der Waals surface area contributed by atoms with Crippen molar-refractivity contribution in [2.24, 2.45) is 0 Å². The van der Waals surface area contributed by atoms with E-state index in [4.69, 9.17) is 0 Å². The highest BCUT2D eigenvalue weighted by Crippen LogP contribution is 2.26. The SMILES string of the molecule is CCCCC(C)Nc1ccccc1OC(F)F. The highest BCUT2D eigenvalue weighted by atomic mass is 19.3. The minimum atomic E-state index is -2.79. The number of hydrogen-bond donors (Lipinski definition) is 1. The van der Waals surface area contributed by atoms with E-state index in [0.29, 0.717) is 5.69 Å². The highest BCUT2D eigenvalue weighted by Gasteiger charge is 2.10. The molecule has 17 heavy (non-hydrogen) atoms. The number of nitrogens with one attached hydrogen (secondary N) is 1. The number of rotatable bonds is 7. The number of halogens is 2. The van der Waals surface area contributed by atoms with E-state index in [9.17, 15) is 8.78 Å². The van der Waals surface area contributed by atoms with Crippen molar-refractivity contribution in [3.63, 3.8) is 0 Å². The van der Waals surface area contributed by atoms with E-state index in [-0.39, 0.29) is 11.8 Å². The number of ether oxygens (including phenoxy) is 1. The third kappa shape index (κ3) is 5.02. The zero-order chi connectivity index (χ0) is 12.7. The fourth-order valence-electron chi connectivity index (χ4n) is 1.63. The lowest BCUT2D eigenvalue weighted by atomic mass is 10.1. The lowest BCUT2D eigenvalue weighted by Crippen LogP contribution is -2.16. The first-order valence-corrected chi connectivity index (χ1v) is 5.93. The smallest absolute Gasteiger partial charge is 0.387 e. The zero-order valence-electron chi connectivity index (χ0n) is 10.2. The number of anilines is 1. The second-order valence-electron chi connectivity index (χ2n) is 4.06. The van der Waals surface area contributed by atoms with Gasteiger partial charge in [-0.25, -0.2) is 0 Å². The van der Waals surface area contributed by atoms with Crippen molar-refractivity contribution in [3.05, 3.63) is 24.3 Å². The van der Waals surface area contributed by atoms with E-state index in [1.807, 2.05) is 6.92 Å². The van der Waals surface area contributed by atoms with Crippen molar-refractivity contribution < 1.29 is 13.5 Å². The Bertz CT molecular complexity index is 331. The fraction of sp³-hybridized carbons (Fsp3) is 0.538. The van der Waals surface area contributed by atoms with E-state index in [1.165, 1.54) is 0 Å². The summed E-state index contributed by atoms with van der Waals surface area (Å²) >= 11 is 0. The maximum Gasteiger partial charge on any atom is 0.387 e. The summed E-state index contributed by atoms with van der Waals surface area (Å²) < 4.78 is 28.8. The Balaban J connectivity index is 2.62. The number of hydrogen-bond acceptors (Lipinski definition) is 2. The van der Waals surface area contributed by atoms with Gasteiger partial charge < -0.3 is 10.1 Å². The molecule has 0 aromatic heterocycles. The van der Waals surface area contributed by atoms with E-state index < -0.39 is 6.61 Å². The van der Waals surface area contributed by atoms with E-state index >= 15 is 0 Å². The standard InChI is InChI=1S/C13H19F2NO/c1-3-4-7-10(2)16-11-8-5-6-9-12(11)17-13(14)15/h5-6,8-10,13,16H,3-4,7H2,1-2H3. The van der Waals surface area contributed by atoms with Crippen LogP contribution in [0.1, 0.15) is 33.1 Å². The van der Waals surface area contributed by atoms with E-state index in [0.717, 1.165) is 19.3 Å². The molecule has 0 saturated heterocycles. The maximum atomic E-state index is 12.2. The second-order valence-corrected chi connectivity index (χ2v) is 4.06. The summed E-state index contributed by atoms with van der Waals surface area (Å²) in [5, 5.41) is 3.19. The highest BCUT2D eigenvalue weighted by molar-refractivity contribution is 5.56. The molecule has 1 aromatic rings. The molecule has 0 aliphatic heterocycles. The summed E-state index contributed by atoms with van der Waals surface area (Å²) in [5.41, 5.74) is 0.622. The van der Waals surface area contributed by atoms with Crippen LogP contribution in [-0.2, 0) is 0 Å². The summed E-state index contributed by atoms with van der Waals surface area (Å²) in [5.74, 6) is 0.200. The average Bonchev–Trinajstić information content (AvgIpc) is 2.28. The summed E-state index contributed by atoms with van der Waals surface area (Å²) in [7, 11) is 0. The van der Waals surface area contributed by atoms with Crippen LogP contribution >= 0.6 is 0 Å². The lowest BCUT2D eigenvalue weighted by molar-refractivity contribution is -0.0493. The molecule has 0 spiro atoms. The van der Waals surface area contributed by atoms with Crippen LogP contribution in [0, 0.1) is 0 Å². The van der Waals surface area contributed by atoms with Gasteiger partial charge in [-0.3, -0.25) is 0 Å². The molecule has 1 atom stereocenters. The Morgan fingerprint density at radius 3 is 2.65 bits per heavy atom. The molecule has 2 nitrogen and oxygen atoms in total. The van der Waals surface area contributed by atoms with Gasteiger partial charge >= 0.3 is 6.61 Å². The van der Waals surface area contributed by atoms with Crippen LogP contribution in [0.5, 0.6) is 5.75 Å². The molecule has 0 amide bonds. The summed E-state index contributed by atoms with van der Waals surface area (Å²) in [6.45, 7) is 1.37. The Labute approximate surface area is 101 Å². The van der Waals surface area contributed by atoms with Gasteiger partial charge in [-0.15, -0.1) is 0 Å². The van der Waals surface area contributed by atoms with Gasteiger partial charge in [-0.2, -0.15) is 8.78 Å². The molecular weight excluding hydrogens is 224 g/mol. The predicted molar refractivity (Wildman–Crippen MR) is 65.7 cm³/mol. The van der Waals surface area contributed by atoms with Crippen LogP contribution in [0.3, 0.4) is 0 Å². The minimum Gasteiger partial charge on any atom is -0.433 e. The van der Waals surface area contributed by atoms with Gasteiger partial charge in [0.2, 0.25) is 0 Å². The van der Waals surface area contributed by atoms with Crippen LogP contribution in [0.2, 0.25) is 0 Å². The van der Waals surface area contributed by atoms with Gasteiger partial charge in [-0.05, 0) is 25.5 Å². The Morgan fingerprint density at radius 2 is 2.00 bits per heavy atom.